The van der Waals surface area contributed by atoms with E-state index in [9.17, 15) is 23.1 Å². The highest BCUT2D eigenvalue weighted by Crippen LogP contribution is 2.52. The van der Waals surface area contributed by atoms with Gasteiger partial charge in [0.05, 0.1) is 29.9 Å². The number of benzene rings is 1. The molecule has 3 aliphatic rings. The van der Waals surface area contributed by atoms with Gasteiger partial charge < -0.3 is 15.2 Å². The van der Waals surface area contributed by atoms with Crippen molar-refractivity contribution in [1.82, 2.24) is 4.31 Å². The Kier molecular flexibility index (Phi) is 5.15. The third-order valence-corrected chi connectivity index (χ3v) is 8.11. The standard InChI is InChI=1S/C19H24N2O6S/c22-18(16-12-4-5-13(10-12)17(16)19(23)24)20-14-2-1-3-15(11-14)28(25,26)21-6-8-27-9-7-21/h1-3,11-13,16-17H,4-10H2,(H,20,22)(H,23,24)/t12-,13-,16-,17-/m0/s1. The highest BCUT2D eigenvalue weighted by atomic mass is 32.2. The zero-order chi connectivity index (χ0) is 19.9. The van der Waals surface area contributed by atoms with Crippen molar-refractivity contribution in [2.45, 2.75) is 24.2 Å². The number of ether oxygens (including phenoxy) is 1. The van der Waals surface area contributed by atoms with E-state index in [1.165, 1.54) is 16.4 Å². The van der Waals surface area contributed by atoms with Crippen LogP contribution >= 0.6 is 0 Å². The first kappa shape index (κ1) is 19.4. The first-order valence-corrected chi connectivity index (χ1v) is 11.0. The van der Waals surface area contributed by atoms with Gasteiger partial charge >= 0.3 is 5.97 Å². The van der Waals surface area contributed by atoms with Gasteiger partial charge in [-0.15, -0.1) is 0 Å². The molecule has 0 spiro atoms. The van der Waals surface area contributed by atoms with Crippen LogP contribution in [0.3, 0.4) is 0 Å². The zero-order valence-corrected chi connectivity index (χ0v) is 16.2. The number of nitrogens with one attached hydrogen (secondary N) is 1. The number of carbonyl (C=O) groups is 2. The second-order valence-electron chi connectivity index (χ2n) is 7.76. The largest absolute Gasteiger partial charge is 0.481 e. The van der Waals surface area contributed by atoms with Crippen LogP contribution in [0.15, 0.2) is 29.2 Å². The number of sulfonamides is 1. The van der Waals surface area contributed by atoms with E-state index in [-0.39, 0.29) is 22.6 Å². The van der Waals surface area contributed by atoms with Gasteiger partial charge in [-0.3, -0.25) is 9.59 Å². The lowest BCUT2D eigenvalue weighted by atomic mass is 9.78. The number of nitrogens with zero attached hydrogens (tertiary/aromatic N) is 1. The summed E-state index contributed by atoms with van der Waals surface area (Å²) >= 11 is 0. The van der Waals surface area contributed by atoms with Crippen molar-refractivity contribution in [3.8, 4) is 0 Å². The van der Waals surface area contributed by atoms with Crippen LogP contribution in [0, 0.1) is 23.7 Å². The van der Waals surface area contributed by atoms with Crippen LogP contribution in [0.1, 0.15) is 19.3 Å². The number of morpholine rings is 1. The number of carboxylic acid groups (broad SMARTS) is 1. The number of rotatable bonds is 5. The summed E-state index contributed by atoms with van der Waals surface area (Å²) in [4.78, 5) is 24.6. The van der Waals surface area contributed by atoms with Crippen molar-refractivity contribution in [3.63, 3.8) is 0 Å². The van der Waals surface area contributed by atoms with Gasteiger partial charge in [-0.25, -0.2) is 8.42 Å². The topological polar surface area (TPSA) is 113 Å². The molecule has 1 heterocycles. The zero-order valence-electron chi connectivity index (χ0n) is 15.4. The van der Waals surface area contributed by atoms with Crippen molar-refractivity contribution in [1.29, 1.82) is 0 Å². The molecule has 1 aromatic carbocycles. The third kappa shape index (κ3) is 3.42. The fourth-order valence-electron chi connectivity index (χ4n) is 4.92. The molecule has 4 rings (SSSR count). The minimum Gasteiger partial charge on any atom is -0.481 e. The maximum Gasteiger partial charge on any atom is 0.307 e. The lowest BCUT2D eigenvalue weighted by Crippen LogP contribution is -2.40. The van der Waals surface area contributed by atoms with Gasteiger partial charge in [0, 0.05) is 18.8 Å². The Hall–Kier alpha value is -1.97. The second kappa shape index (κ2) is 7.46. The number of carbonyl (C=O) groups excluding carboxylic acids is 1. The number of anilines is 1. The number of hydrogen-bond donors (Lipinski definition) is 2. The number of carboxylic acids is 1. The summed E-state index contributed by atoms with van der Waals surface area (Å²) < 4.78 is 32.2. The molecule has 0 aromatic heterocycles. The molecular weight excluding hydrogens is 384 g/mol. The minimum absolute atomic E-state index is 0.0614. The first-order chi connectivity index (χ1) is 13.4. The average molecular weight is 408 g/mol. The summed E-state index contributed by atoms with van der Waals surface area (Å²) in [7, 11) is -3.66. The first-order valence-electron chi connectivity index (χ1n) is 9.59. The SMILES string of the molecule is O=C(O)[C@H]1[C@H]2CC[C@@H](C2)[C@@H]1C(=O)Nc1cccc(S(=O)(=O)N2CCOCC2)c1. The summed E-state index contributed by atoms with van der Waals surface area (Å²) in [5, 5.41) is 12.3. The lowest BCUT2D eigenvalue weighted by Gasteiger charge is -2.27. The Morgan fingerprint density at radius 1 is 1.11 bits per heavy atom. The molecule has 2 bridgehead atoms. The van der Waals surface area contributed by atoms with Gasteiger partial charge in [0.2, 0.25) is 15.9 Å². The van der Waals surface area contributed by atoms with Crippen LogP contribution in [0.25, 0.3) is 0 Å². The summed E-state index contributed by atoms with van der Waals surface area (Å²) in [6, 6.07) is 6.14. The quantitative estimate of drug-likeness (QED) is 0.761. The number of aliphatic carboxylic acids is 1. The van der Waals surface area contributed by atoms with E-state index >= 15 is 0 Å². The Labute approximate surface area is 163 Å². The monoisotopic (exact) mass is 408 g/mol. The summed E-state index contributed by atoms with van der Waals surface area (Å²) in [5.41, 5.74) is 0.367. The summed E-state index contributed by atoms with van der Waals surface area (Å²) in [6.07, 6.45) is 2.51. The molecule has 3 fully saturated rings. The lowest BCUT2D eigenvalue weighted by molar-refractivity contribution is -0.148. The van der Waals surface area contributed by atoms with E-state index in [2.05, 4.69) is 5.32 Å². The normalized spacial score (nSPS) is 30.3. The molecule has 28 heavy (non-hydrogen) atoms. The van der Waals surface area contributed by atoms with E-state index in [0.29, 0.717) is 32.0 Å². The van der Waals surface area contributed by atoms with Gasteiger partial charge in [-0.05, 0) is 49.3 Å². The van der Waals surface area contributed by atoms with Gasteiger partial charge in [-0.2, -0.15) is 4.31 Å². The molecule has 152 valence electrons. The Bertz CT molecular complexity index is 880. The van der Waals surface area contributed by atoms with Gasteiger partial charge in [0.15, 0.2) is 0 Å². The van der Waals surface area contributed by atoms with Crippen LogP contribution in [-0.4, -0.2) is 56.0 Å². The van der Waals surface area contributed by atoms with Gasteiger partial charge in [-0.1, -0.05) is 6.07 Å². The molecule has 0 unspecified atom stereocenters. The van der Waals surface area contributed by atoms with E-state index in [1.807, 2.05) is 0 Å². The van der Waals surface area contributed by atoms with E-state index in [0.717, 1.165) is 19.3 Å². The molecule has 1 amide bonds. The molecule has 1 aromatic rings. The molecular formula is C19H24N2O6S. The van der Waals surface area contributed by atoms with Crippen LogP contribution in [0.2, 0.25) is 0 Å². The molecule has 1 aliphatic heterocycles. The maximum absolute atomic E-state index is 12.8. The second-order valence-corrected chi connectivity index (χ2v) is 9.69. The van der Waals surface area contributed by atoms with E-state index in [4.69, 9.17) is 4.74 Å². The molecule has 2 N–H and O–H groups in total. The molecule has 9 heteroatoms. The predicted molar refractivity (Wildman–Crippen MR) is 100 cm³/mol. The fraction of sp³-hybridized carbons (Fsp3) is 0.579. The van der Waals surface area contributed by atoms with Crippen molar-refractivity contribution >= 4 is 27.6 Å². The van der Waals surface area contributed by atoms with Gasteiger partial charge in [0.1, 0.15) is 0 Å². The minimum atomic E-state index is -3.66. The molecule has 0 radical (unpaired) electrons. The molecule has 8 nitrogen and oxygen atoms in total. The van der Waals surface area contributed by atoms with E-state index < -0.39 is 27.8 Å². The molecule has 2 saturated carbocycles. The highest BCUT2D eigenvalue weighted by molar-refractivity contribution is 7.89. The Morgan fingerprint density at radius 2 is 1.79 bits per heavy atom. The summed E-state index contributed by atoms with van der Waals surface area (Å²) in [5.74, 6) is -2.32. The van der Waals surface area contributed by atoms with E-state index in [1.54, 1.807) is 12.1 Å². The molecule has 4 atom stereocenters. The average Bonchev–Trinajstić information content (AvgIpc) is 3.30. The Morgan fingerprint density at radius 3 is 2.46 bits per heavy atom. The summed E-state index contributed by atoms with van der Waals surface area (Å²) in [6.45, 7) is 1.31. The van der Waals surface area contributed by atoms with Crippen molar-refractivity contribution in [2.24, 2.45) is 23.7 Å². The smallest absolute Gasteiger partial charge is 0.307 e. The van der Waals surface area contributed by atoms with Crippen LogP contribution in [-0.2, 0) is 24.3 Å². The molecule has 1 saturated heterocycles. The van der Waals surface area contributed by atoms with Crippen molar-refractivity contribution in [3.05, 3.63) is 24.3 Å². The van der Waals surface area contributed by atoms with Crippen LogP contribution < -0.4 is 5.32 Å². The van der Waals surface area contributed by atoms with Crippen molar-refractivity contribution < 1.29 is 27.9 Å². The number of hydrogen-bond acceptors (Lipinski definition) is 5. The van der Waals surface area contributed by atoms with Crippen LogP contribution in [0.5, 0.6) is 0 Å². The highest BCUT2D eigenvalue weighted by Gasteiger charge is 2.54. The number of amides is 1. The number of fused-ring (bicyclic) bond motifs is 2. The van der Waals surface area contributed by atoms with Gasteiger partial charge in [0.25, 0.3) is 0 Å². The maximum atomic E-state index is 12.8. The predicted octanol–water partition coefficient (Wildman–Crippen LogP) is 1.39. The van der Waals surface area contributed by atoms with Crippen LogP contribution in [0.4, 0.5) is 5.69 Å². The molecule has 2 aliphatic carbocycles. The van der Waals surface area contributed by atoms with Crippen molar-refractivity contribution in [2.75, 3.05) is 31.6 Å². The fourth-order valence-corrected chi connectivity index (χ4v) is 6.37. The third-order valence-electron chi connectivity index (χ3n) is 6.21. The Balaban J connectivity index is 1.52.